The van der Waals surface area contributed by atoms with Crippen molar-refractivity contribution in [2.75, 3.05) is 12.0 Å². The van der Waals surface area contributed by atoms with Crippen LogP contribution in [0.4, 0.5) is 0 Å². The first-order chi connectivity index (χ1) is 14.3. The summed E-state index contributed by atoms with van der Waals surface area (Å²) in [5, 5.41) is 13.3. The van der Waals surface area contributed by atoms with Crippen molar-refractivity contribution in [2.45, 2.75) is 13.8 Å². The Morgan fingerprint density at radius 3 is 2.55 bits per heavy atom. The third-order valence-electron chi connectivity index (χ3n) is 3.76. The van der Waals surface area contributed by atoms with Crippen molar-refractivity contribution in [3.05, 3.63) is 34.4 Å². The monoisotopic (exact) mass is 504 g/mol. The highest BCUT2D eigenvalue weighted by Gasteiger charge is 2.39. The zero-order valence-corrected chi connectivity index (χ0v) is 19.7. The number of amidine groups is 2. The van der Waals surface area contributed by atoms with Crippen LogP contribution in [0.3, 0.4) is 0 Å². The number of hydrogen-bond acceptors (Lipinski definition) is 9. The largest absolute Gasteiger partial charge is 0.381 e. The molecule has 0 radical (unpaired) electrons. The number of carbonyl (C=O) groups excluding carboxylic acids is 1. The summed E-state index contributed by atoms with van der Waals surface area (Å²) in [5.41, 5.74) is 0.240. The van der Waals surface area contributed by atoms with Crippen LogP contribution in [0.2, 0.25) is 5.02 Å². The molecule has 0 fully saturated rings. The number of benzene rings is 1. The minimum absolute atomic E-state index is 0.00980. The zero-order valence-electron chi connectivity index (χ0n) is 16.5. The lowest BCUT2D eigenvalue weighted by Crippen LogP contribution is -2.35. The number of hydrogen-bond donors (Lipinski definition) is 1. The van der Waals surface area contributed by atoms with Gasteiger partial charge in [0.1, 0.15) is 0 Å². The number of thioether (sulfide) groups is 1. The van der Waals surface area contributed by atoms with Gasteiger partial charge in [0.15, 0.2) is 11.6 Å². The van der Waals surface area contributed by atoms with Gasteiger partial charge in [-0.3, -0.25) is 10.2 Å². The van der Waals surface area contributed by atoms with Crippen LogP contribution in [0.5, 0.6) is 5.75 Å². The van der Waals surface area contributed by atoms with Crippen molar-refractivity contribution in [2.24, 2.45) is 16.0 Å². The minimum atomic E-state index is -3.77. The van der Waals surface area contributed by atoms with E-state index < -0.39 is 25.9 Å². The van der Waals surface area contributed by atoms with Crippen LogP contribution in [-0.4, -0.2) is 55.1 Å². The highest BCUT2D eigenvalue weighted by Crippen LogP contribution is 2.32. The molecule has 0 spiro atoms. The van der Waals surface area contributed by atoms with Gasteiger partial charge in [0.05, 0.1) is 22.6 Å². The summed E-state index contributed by atoms with van der Waals surface area (Å²) in [7, 11) is -7.45. The molecule has 0 saturated carbocycles. The maximum Gasteiger partial charge on any atom is 0.306 e. The maximum absolute atomic E-state index is 12.5. The van der Waals surface area contributed by atoms with E-state index in [2.05, 4.69) is 10.1 Å². The molecule has 166 valence electrons. The van der Waals surface area contributed by atoms with Gasteiger partial charge in [0.2, 0.25) is 19.4 Å². The van der Waals surface area contributed by atoms with Crippen molar-refractivity contribution >= 4 is 70.7 Å². The van der Waals surface area contributed by atoms with E-state index in [1.165, 1.54) is 24.3 Å². The zero-order chi connectivity index (χ0) is 23.1. The molecule has 2 aliphatic rings. The van der Waals surface area contributed by atoms with Gasteiger partial charge in [-0.15, -0.1) is 5.10 Å². The smallest absolute Gasteiger partial charge is 0.306 e. The second-order valence-corrected chi connectivity index (χ2v) is 12.2. The lowest BCUT2D eigenvalue weighted by Gasteiger charge is -2.20. The SMILES string of the molecule is CC(C)CS(=O)(=O)C1=NN2C(=N)/C(=C\c3ccc(OS(C)(=O)=O)c(Cl)c3)C(=O)N=C2S1. The standard InChI is InChI=1S/C17H17ClN4O6S3/c1-9(2)8-31(26,27)17-21-22-14(19)11(15(23)20-16(22)29-17)6-10-4-5-13(12(18)7-10)28-30(3,24)25/h4-7,9,19H,8H2,1-3H3/b11-6+,19-14?. The Balaban J connectivity index is 1.92. The molecule has 31 heavy (non-hydrogen) atoms. The number of halogens is 1. The molecule has 1 aromatic carbocycles. The van der Waals surface area contributed by atoms with E-state index in [1.54, 1.807) is 13.8 Å². The quantitative estimate of drug-likeness (QED) is 0.474. The molecular weight excluding hydrogens is 488 g/mol. The summed E-state index contributed by atoms with van der Waals surface area (Å²) in [6, 6.07) is 4.11. The average Bonchev–Trinajstić information content (AvgIpc) is 3.04. The molecule has 2 aliphatic heterocycles. The Kier molecular flexibility index (Phi) is 6.33. The number of hydrazone groups is 1. The Morgan fingerprint density at radius 1 is 1.29 bits per heavy atom. The summed E-state index contributed by atoms with van der Waals surface area (Å²) in [6.07, 6.45) is 2.20. The fourth-order valence-electron chi connectivity index (χ4n) is 2.61. The van der Waals surface area contributed by atoms with E-state index in [-0.39, 0.29) is 43.4 Å². The van der Waals surface area contributed by atoms with E-state index in [0.717, 1.165) is 23.0 Å². The normalized spacial score (nSPS) is 18.4. The fourth-order valence-corrected chi connectivity index (χ4v) is 6.15. The van der Waals surface area contributed by atoms with Crippen LogP contribution in [0, 0.1) is 11.3 Å². The van der Waals surface area contributed by atoms with E-state index in [1.807, 2.05) is 0 Å². The van der Waals surface area contributed by atoms with Gasteiger partial charge in [-0.25, -0.2) is 8.42 Å². The summed E-state index contributed by atoms with van der Waals surface area (Å²) >= 11 is 6.76. The van der Waals surface area contributed by atoms with Crippen molar-refractivity contribution in [1.82, 2.24) is 5.01 Å². The van der Waals surface area contributed by atoms with Crippen LogP contribution in [0.25, 0.3) is 6.08 Å². The number of fused-ring (bicyclic) bond motifs is 1. The fraction of sp³-hybridized carbons (Fsp3) is 0.294. The molecule has 2 heterocycles. The predicted molar refractivity (Wildman–Crippen MR) is 121 cm³/mol. The van der Waals surface area contributed by atoms with Crippen LogP contribution in [0.1, 0.15) is 19.4 Å². The van der Waals surface area contributed by atoms with Crippen molar-refractivity contribution < 1.29 is 25.8 Å². The number of sulfone groups is 1. The molecule has 0 saturated heterocycles. The molecule has 0 aliphatic carbocycles. The third kappa shape index (κ3) is 5.34. The summed E-state index contributed by atoms with van der Waals surface area (Å²) in [5.74, 6) is -1.41. The molecule has 0 aromatic heterocycles. The molecule has 1 N–H and O–H groups in total. The molecule has 1 aromatic rings. The molecule has 0 bridgehead atoms. The number of nitrogens with zero attached hydrogens (tertiary/aromatic N) is 3. The van der Waals surface area contributed by atoms with Gasteiger partial charge in [0.25, 0.3) is 5.91 Å². The average molecular weight is 505 g/mol. The van der Waals surface area contributed by atoms with Crippen LogP contribution >= 0.6 is 23.4 Å². The molecule has 14 heteroatoms. The molecular formula is C17H17ClN4O6S3. The second-order valence-electron chi connectivity index (χ2n) is 7.04. The van der Waals surface area contributed by atoms with E-state index >= 15 is 0 Å². The van der Waals surface area contributed by atoms with Crippen LogP contribution < -0.4 is 4.18 Å². The van der Waals surface area contributed by atoms with Gasteiger partial charge in [-0.2, -0.15) is 18.4 Å². The summed E-state index contributed by atoms with van der Waals surface area (Å²) in [6.45, 7) is 3.51. The van der Waals surface area contributed by atoms with Gasteiger partial charge in [-0.1, -0.05) is 31.5 Å². The Bertz CT molecular complexity index is 1280. The van der Waals surface area contributed by atoms with E-state index in [4.69, 9.17) is 21.2 Å². The first-order valence-electron chi connectivity index (χ1n) is 8.69. The van der Waals surface area contributed by atoms with Gasteiger partial charge in [-0.05, 0) is 41.5 Å². The van der Waals surface area contributed by atoms with Crippen LogP contribution in [0.15, 0.2) is 33.9 Å². The Hall–Kier alpha value is -2.22. The maximum atomic E-state index is 12.5. The topological polar surface area (TPSA) is 146 Å². The summed E-state index contributed by atoms with van der Waals surface area (Å²) in [4.78, 5) is 16.3. The minimum Gasteiger partial charge on any atom is -0.381 e. The van der Waals surface area contributed by atoms with Gasteiger partial charge in [0, 0.05) is 0 Å². The first kappa shape index (κ1) is 23.4. The second kappa shape index (κ2) is 8.37. The molecule has 3 rings (SSSR count). The van der Waals surface area contributed by atoms with E-state index in [0.29, 0.717) is 5.56 Å². The molecule has 10 nitrogen and oxygen atoms in total. The molecule has 0 atom stereocenters. The number of nitrogens with one attached hydrogen (secondary N) is 1. The molecule has 1 amide bonds. The Labute approximate surface area is 188 Å². The van der Waals surface area contributed by atoms with Crippen LogP contribution in [-0.2, 0) is 24.7 Å². The van der Waals surface area contributed by atoms with Crippen molar-refractivity contribution in [3.8, 4) is 5.75 Å². The predicted octanol–water partition coefficient (Wildman–Crippen LogP) is 2.33. The summed E-state index contributed by atoms with van der Waals surface area (Å²) < 4.78 is 51.9. The highest BCUT2D eigenvalue weighted by molar-refractivity contribution is 8.42. The number of rotatable bonds is 5. The highest BCUT2D eigenvalue weighted by atomic mass is 35.5. The van der Waals surface area contributed by atoms with E-state index in [9.17, 15) is 21.6 Å². The lowest BCUT2D eigenvalue weighted by molar-refractivity contribution is -0.114. The molecule has 0 unspecified atom stereocenters. The van der Waals surface area contributed by atoms with Crippen molar-refractivity contribution in [3.63, 3.8) is 0 Å². The number of carbonyl (C=O) groups is 1. The van der Waals surface area contributed by atoms with Gasteiger partial charge >= 0.3 is 10.1 Å². The number of amides is 1. The van der Waals surface area contributed by atoms with Crippen molar-refractivity contribution in [1.29, 1.82) is 5.41 Å². The lowest BCUT2D eigenvalue weighted by atomic mass is 10.1. The third-order valence-corrected chi connectivity index (χ3v) is 7.97. The van der Waals surface area contributed by atoms with Gasteiger partial charge < -0.3 is 4.18 Å². The number of aliphatic imine (C=N–C) groups is 1. The Morgan fingerprint density at radius 2 is 1.97 bits per heavy atom. The first-order valence-corrected chi connectivity index (χ1v) is 13.3.